The Morgan fingerprint density at radius 1 is 1.05 bits per heavy atom. The van der Waals surface area contributed by atoms with Crippen molar-refractivity contribution in [1.29, 1.82) is 0 Å². The van der Waals surface area contributed by atoms with E-state index in [1.807, 2.05) is 55.1 Å². The van der Waals surface area contributed by atoms with Crippen LogP contribution in [0.5, 0.6) is 0 Å². The van der Waals surface area contributed by atoms with Crippen LogP contribution >= 0.6 is 0 Å². The van der Waals surface area contributed by atoms with E-state index in [4.69, 9.17) is 14.7 Å². The number of benzene rings is 1. The number of carbonyl (C=O) groups is 1. The molecular weight excluding hydrogens is 469 g/mol. The number of hydrogen-bond donors (Lipinski definition) is 1. The zero-order valence-electron chi connectivity index (χ0n) is 21.2. The van der Waals surface area contributed by atoms with Crippen molar-refractivity contribution in [3.63, 3.8) is 0 Å². The highest BCUT2D eigenvalue weighted by atomic mass is 19.1. The number of hydrogen-bond acceptors (Lipinski definition) is 6. The van der Waals surface area contributed by atoms with Crippen molar-refractivity contribution < 1.29 is 13.9 Å². The Morgan fingerprint density at radius 2 is 1.86 bits per heavy atom. The predicted molar refractivity (Wildman–Crippen MR) is 142 cm³/mol. The molecule has 0 radical (unpaired) electrons. The van der Waals surface area contributed by atoms with E-state index in [2.05, 4.69) is 17.2 Å². The maximum atomic E-state index is 14.6. The Hall–Kier alpha value is -3.91. The second-order valence-corrected chi connectivity index (χ2v) is 9.49. The topological polar surface area (TPSA) is 80.2 Å². The van der Waals surface area contributed by atoms with Gasteiger partial charge in [0.1, 0.15) is 11.6 Å². The van der Waals surface area contributed by atoms with Crippen LogP contribution in [0.25, 0.3) is 22.3 Å². The minimum Gasteiger partial charge on any atom is -0.372 e. The third-order valence-corrected chi connectivity index (χ3v) is 6.44. The molecule has 8 heteroatoms. The maximum absolute atomic E-state index is 14.6. The quantitative estimate of drug-likeness (QED) is 0.405. The summed E-state index contributed by atoms with van der Waals surface area (Å²) in [5.41, 5.74) is 4.15. The van der Waals surface area contributed by atoms with Gasteiger partial charge in [-0.2, -0.15) is 0 Å². The van der Waals surface area contributed by atoms with E-state index in [1.165, 1.54) is 12.1 Å². The van der Waals surface area contributed by atoms with Crippen LogP contribution in [0, 0.1) is 5.82 Å². The highest BCUT2D eigenvalue weighted by Crippen LogP contribution is 2.25. The zero-order chi connectivity index (χ0) is 25.9. The fourth-order valence-electron chi connectivity index (χ4n) is 4.64. The number of fused-ring (bicyclic) bond motifs is 1. The van der Waals surface area contributed by atoms with E-state index in [-0.39, 0.29) is 30.5 Å². The van der Waals surface area contributed by atoms with Crippen molar-refractivity contribution in [1.82, 2.24) is 20.3 Å². The number of ether oxygens (including phenoxy) is 1. The summed E-state index contributed by atoms with van der Waals surface area (Å²) in [4.78, 5) is 28.6. The van der Waals surface area contributed by atoms with Gasteiger partial charge < -0.3 is 15.0 Å². The molecule has 4 heterocycles. The van der Waals surface area contributed by atoms with Crippen LogP contribution in [-0.4, -0.2) is 46.2 Å². The Morgan fingerprint density at radius 3 is 2.65 bits per heavy atom. The second kappa shape index (κ2) is 10.6. The number of aryl methyl sites for hydroxylation is 1. The SMILES string of the molecule is CCc1cccc(C(=O)NCc2cc3nc(-c4cc(F)cc(N5CC(C)OC(C)C5)n4)ccc3cn2)c1. The van der Waals surface area contributed by atoms with Crippen molar-refractivity contribution in [2.45, 2.75) is 45.9 Å². The average Bonchev–Trinajstić information content (AvgIpc) is 2.90. The third-order valence-electron chi connectivity index (χ3n) is 6.44. The minimum absolute atomic E-state index is 0.0399. The standard InChI is InChI=1S/C29H30FN5O2/c1-4-20-6-5-7-21(10-20)29(36)32-15-24-13-26-22(14-31-24)8-9-25(33-26)27-11-23(30)12-28(34-27)35-16-18(2)37-19(3)17-35/h5-14,18-19H,4,15-17H2,1-3H3,(H,32,36). The molecule has 1 amide bonds. The summed E-state index contributed by atoms with van der Waals surface area (Å²) in [7, 11) is 0. The molecule has 37 heavy (non-hydrogen) atoms. The molecule has 0 aliphatic carbocycles. The number of aromatic nitrogens is 3. The molecule has 0 bridgehead atoms. The summed E-state index contributed by atoms with van der Waals surface area (Å²) in [5, 5.41) is 3.78. The van der Waals surface area contributed by atoms with E-state index in [1.54, 1.807) is 12.3 Å². The molecule has 190 valence electrons. The fourth-order valence-corrected chi connectivity index (χ4v) is 4.64. The summed E-state index contributed by atoms with van der Waals surface area (Å²) in [6.45, 7) is 7.63. The lowest BCUT2D eigenvalue weighted by atomic mass is 10.1. The average molecular weight is 500 g/mol. The van der Waals surface area contributed by atoms with Gasteiger partial charge in [0, 0.05) is 42.4 Å². The largest absolute Gasteiger partial charge is 0.372 e. The molecule has 0 spiro atoms. The van der Waals surface area contributed by atoms with E-state index >= 15 is 0 Å². The summed E-state index contributed by atoms with van der Waals surface area (Å²) < 4.78 is 20.4. The van der Waals surface area contributed by atoms with E-state index in [9.17, 15) is 9.18 Å². The maximum Gasteiger partial charge on any atom is 0.251 e. The van der Waals surface area contributed by atoms with Gasteiger partial charge in [-0.15, -0.1) is 0 Å². The van der Waals surface area contributed by atoms with Crippen molar-refractivity contribution >= 4 is 22.6 Å². The zero-order valence-corrected chi connectivity index (χ0v) is 21.2. The normalized spacial score (nSPS) is 17.7. The van der Waals surface area contributed by atoms with Crippen molar-refractivity contribution in [2.75, 3.05) is 18.0 Å². The van der Waals surface area contributed by atoms with Gasteiger partial charge in [0.15, 0.2) is 0 Å². The number of nitrogens with one attached hydrogen (secondary N) is 1. The van der Waals surface area contributed by atoms with Crippen molar-refractivity contribution in [2.24, 2.45) is 0 Å². The number of rotatable bonds is 6. The number of morpholine rings is 1. The first kappa shape index (κ1) is 24.8. The molecule has 2 atom stereocenters. The Bertz CT molecular complexity index is 1430. The predicted octanol–water partition coefficient (Wildman–Crippen LogP) is 4.94. The Labute approximate surface area is 215 Å². The summed E-state index contributed by atoms with van der Waals surface area (Å²) >= 11 is 0. The van der Waals surface area contributed by atoms with Gasteiger partial charge in [0.05, 0.1) is 41.4 Å². The monoisotopic (exact) mass is 499 g/mol. The highest BCUT2D eigenvalue weighted by Gasteiger charge is 2.24. The first-order chi connectivity index (χ1) is 17.9. The van der Waals surface area contributed by atoms with Crippen LogP contribution in [0.15, 0.2) is 60.8 Å². The number of nitrogens with zero attached hydrogens (tertiary/aromatic N) is 4. The van der Waals surface area contributed by atoms with Crippen LogP contribution in [0.2, 0.25) is 0 Å². The first-order valence-electron chi connectivity index (χ1n) is 12.6. The molecule has 4 aromatic rings. The molecule has 1 aliphatic heterocycles. The van der Waals surface area contributed by atoms with Crippen LogP contribution < -0.4 is 10.2 Å². The van der Waals surface area contributed by atoms with Gasteiger partial charge in [-0.3, -0.25) is 9.78 Å². The summed E-state index contributed by atoms with van der Waals surface area (Å²) in [6.07, 6.45) is 2.68. The van der Waals surface area contributed by atoms with E-state index in [0.717, 1.165) is 17.4 Å². The molecule has 1 N–H and O–H groups in total. The Balaban J connectivity index is 1.37. The number of amides is 1. The first-order valence-corrected chi connectivity index (χ1v) is 12.6. The van der Waals surface area contributed by atoms with Crippen LogP contribution in [0.1, 0.15) is 42.4 Å². The van der Waals surface area contributed by atoms with Crippen LogP contribution in [0.4, 0.5) is 10.2 Å². The summed E-state index contributed by atoms with van der Waals surface area (Å²) in [6, 6.07) is 16.0. The second-order valence-electron chi connectivity index (χ2n) is 9.49. The number of anilines is 1. The molecule has 0 saturated carbocycles. The van der Waals surface area contributed by atoms with Gasteiger partial charge in [-0.1, -0.05) is 19.1 Å². The lowest BCUT2D eigenvalue weighted by Gasteiger charge is -2.36. The molecule has 7 nitrogen and oxygen atoms in total. The number of halogens is 1. The Kier molecular flexibility index (Phi) is 7.10. The highest BCUT2D eigenvalue weighted by molar-refractivity contribution is 5.94. The van der Waals surface area contributed by atoms with Gasteiger partial charge in [0.25, 0.3) is 5.91 Å². The molecule has 1 aromatic carbocycles. The molecule has 5 rings (SSSR count). The minimum atomic E-state index is -0.362. The van der Waals surface area contributed by atoms with E-state index < -0.39 is 0 Å². The summed E-state index contributed by atoms with van der Waals surface area (Å²) in [5.74, 6) is 0.0604. The van der Waals surface area contributed by atoms with Crippen molar-refractivity contribution in [3.05, 3.63) is 83.4 Å². The smallest absolute Gasteiger partial charge is 0.251 e. The molecule has 1 saturated heterocycles. The van der Waals surface area contributed by atoms with Crippen LogP contribution in [-0.2, 0) is 17.7 Å². The van der Waals surface area contributed by atoms with Crippen LogP contribution in [0.3, 0.4) is 0 Å². The van der Waals surface area contributed by atoms with E-state index in [0.29, 0.717) is 47.1 Å². The molecule has 3 aromatic heterocycles. The number of carbonyl (C=O) groups excluding carboxylic acids is 1. The molecule has 2 unspecified atom stereocenters. The van der Waals surface area contributed by atoms with Gasteiger partial charge in [-0.25, -0.2) is 14.4 Å². The lowest BCUT2D eigenvalue weighted by Crippen LogP contribution is -2.45. The molecular formula is C29H30FN5O2. The third kappa shape index (κ3) is 5.75. The lowest BCUT2D eigenvalue weighted by molar-refractivity contribution is -0.00547. The van der Waals surface area contributed by atoms with Gasteiger partial charge >= 0.3 is 0 Å². The molecule has 1 aliphatic rings. The van der Waals surface area contributed by atoms with Gasteiger partial charge in [-0.05, 0) is 56.2 Å². The van der Waals surface area contributed by atoms with Crippen molar-refractivity contribution in [3.8, 4) is 11.4 Å². The molecule has 1 fully saturated rings. The fraction of sp³-hybridized carbons (Fsp3) is 0.310. The number of pyridine rings is 3. The van der Waals surface area contributed by atoms with Gasteiger partial charge in [0.2, 0.25) is 0 Å².